The van der Waals surface area contributed by atoms with Gasteiger partial charge in [-0.15, -0.1) is 0 Å². The number of rotatable bonds is 14. The van der Waals surface area contributed by atoms with Crippen LogP contribution in [0.15, 0.2) is 497 Å². The van der Waals surface area contributed by atoms with Crippen LogP contribution in [-0.4, -0.2) is 21.7 Å². The van der Waals surface area contributed by atoms with E-state index in [9.17, 15) is 10.0 Å². The van der Waals surface area contributed by atoms with Crippen LogP contribution in [0.1, 0.15) is 11.1 Å². The van der Waals surface area contributed by atoms with Gasteiger partial charge in [0.1, 0.15) is 0 Å². The Labute approximate surface area is 752 Å². The SMILES string of the molecule is OB(O)c1ccc(-c2c3ccccc3c(-c3ccccc3)c3ccccc23)cc1.c1ccc(-c2ccccc2-c2ccc3c(c2)-c2cc(-c4ccccc4-c4ccccc4)ccc2C3)cc1.c1ccc(-c2ccccc2-c2ccc3c(c2)c2cc(-c4ccccc4-c4ccccc4)ccc2n3-c2ccc(-c3c4ccccc4c(-c4ccccc4)c4ccccc34)cc2)cc1. The zero-order chi connectivity index (χ0) is 86.1. The maximum atomic E-state index is 9.45. The van der Waals surface area contributed by atoms with Gasteiger partial charge in [-0.25, -0.2) is 0 Å². The van der Waals surface area contributed by atoms with Crippen molar-refractivity contribution in [1.29, 1.82) is 0 Å². The Morgan fingerprint density at radius 3 is 0.643 bits per heavy atom. The molecule has 23 aromatic rings. The van der Waals surface area contributed by atoms with Crippen molar-refractivity contribution in [2.75, 3.05) is 0 Å². The van der Waals surface area contributed by atoms with E-state index in [1.807, 2.05) is 18.2 Å². The Bertz CT molecular complexity index is 7730. The van der Waals surface area contributed by atoms with Gasteiger partial charge < -0.3 is 14.6 Å². The third-order valence-electron chi connectivity index (χ3n) is 25.8. The molecule has 0 saturated heterocycles. The van der Waals surface area contributed by atoms with Crippen molar-refractivity contribution < 1.29 is 10.0 Å². The molecule has 0 atom stereocenters. The number of benzene rings is 22. The smallest absolute Gasteiger partial charge is 0.423 e. The molecule has 1 aromatic heterocycles. The second kappa shape index (κ2) is 34.6. The third-order valence-corrected chi connectivity index (χ3v) is 25.8. The van der Waals surface area contributed by atoms with Crippen molar-refractivity contribution >= 4 is 77.5 Å². The van der Waals surface area contributed by atoms with Crippen LogP contribution in [0.5, 0.6) is 0 Å². The summed E-state index contributed by atoms with van der Waals surface area (Å²) in [7, 11) is -1.46. The van der Waals surface area contributed by atoms with E-state index >= 15 is 0 Å². The summed E-state index contributed by atoms with van der Waals surface area (Å²) in [6, 6.07) is 179. The molecule has 2 N–H and O–H groups in total. The molecule has 3 nitrogen and oxygen atoms in total. The van der Waals surface area contributed by atoms with Gasteiger partial charge in [0, 0.05) is 16.5 Å². The molecule has 1 aliphatic rings. The van der Waals surface area contributed by atoms with Crippen LogP contribution in [0.25, 0.3) is 215 Å². The normalized spacial score (nSPS) is 11.5. The molecule has 24 rings (SSSR count). The lowest BCUT2D eigenvalue weighted by atomic mass is 9.79. The van der Waals surface area contributed by atoms with E-state index < -0.39 is 7.12 Å². The molecule has 0 unspecified atom stereocenters. The van der Waals surface area contributed by atoms with Crippen molar-refractivity contribution in [2.24, 2.45) is 0 Å². The Morgan fingerprint density at radius 1 is 0.163 bits per heavy atom. The Hall–Kier alpha value is -16.3. The first-order valence-electron chi connectivity index (χ1n) is 44.4. The van der Waals surface area contributed by atoms with Crippen LogP contribution in [0.3, 0.4) is 0 Å². The molecule has 22 aromatic carbocycles. The largest absolute Gasteiger partial charge is 0.488 e. The molecule has 0 fully saturated rings. The fourth-order valence-electron chi connectivity index (χ4n) is 19.9. The third kappa shape index (κ3) is 15.0. The lowest BCUT2D eigenvalue weighted by Gasteiger charge is -2.18. The molecule has 1 heterocycles. The van der Waals surface area contributed by atoms with Crippen molar-refractivity contribution in [3.05, 3.63) is 509 Å². The van der Waals surface area contributed by atoms with Gasteiger partial charge in [0.25, 0.3) is 0 Å². The highest BCUT2D eigenvalue weighted by molar-refractivity contribution is 6.58. The van der Waals surface area contributed by atoms with E-state index in [0.29, 0.717) is 5.46 Å². The molecule has 0 aliphatic heterocycles. The zero-order valence-electron chi connectivity index (χ0n) is 71.0. The van der Waals surface area contributed by atoms with Crippen molar-refractivity contribution in [3.63, 3.8) is 0 Å². The maximum absolute atomic E-state index is 9.45. The Balaban J connectivity index is 0.000000125. The predicted octanol–water partition coefficient (Wildman–Crippen LogP) is 32.0. The van der Waals surface area contributed by atoms with Gasteiger partial charge in [0.15, 0.2) is 0 Å². The minimum Gasteiger partial charge on any atom is -0.423 e. The molecule has 1 aliphatic carbocycles. The summed E-state index contributed by atoms with van der Waals surface area (Å²) in [6.07, 6.45) is 0.992. The van der Waals surface area contributed by atoms with Gasteiger partial charge in [-0.3, -0.25) is 0 Å². The molecule has 606 valence electrons. The first-order valence-corrected chi connectivity index (χ1v) is 44.4. The van der Waals surface area contributed by atoms with Crippen LogP contribution in [0.4, 0.5) is 0 Å². The lowest BCUT2D eigenvalue weighted by molar-refractivity contribution is 0.426. The second-order valence-corrected chi connectivity index (χ2v) is 33.3. The molecule has 4 heteroatoms. The highest BCUT2D eigenvalue weighted by atomic mass is 16.4. The minimum atomic E-state index is -1.46. The fourth-order valence-corrected chi connectivity index (χ4v) is 19.9. The molecule has 0 spiro atoms. The highest BCUT2D eigenvalue weighted by Gasteiger charge is 2.25. The fraction of sp³-hybridized carbons (Fsp3) is 0.00800. The molecular weight excluding hydrogens is 1560 g/mol. The van der Waals surface area contributed by atoms with Gasteiger partial charge in [-0.05, 0) is 259 Å². The van der Waals surface area contributed by atoms with Crippen LogP contribution in [0, 0.1) is 0 Å². The van der Waals surface area contributed by atoms with Gasteiger partial charge in [0.2, 0.25) is 0 Å². The van der Waals surface area contributed by atoms with E-state index in [1.54, 1.807) is 12.1 Å². The molecule has 129 heavy (non-hydrogen) atoms. The molecule has 0 saturated carbocycles. The summed E-state index contributed by atoms with van der Waals surface area (Å²) < 4.78 is 2.45. The van der Waals surface area contributed by atoms with Crippen molar-refractivity contribution in [3.8, 4) is 150 Å². The standard InChI is InChI=1S/C62H41N.C37H26.C26H19BO2/c1-4-18-42(19-5-1)49-24-10-12-26-51(49)46-34-38-59-57(40-46)58-41-47(52-27-13-11-25-50(52)43-20-6-2-7-21-43)35-39-60(58)63(59)48-36-32-45(33-37-48)62-55-30-16-14-28-53(55)61(44-22-8-3-9-23-44)54-29-15-17-31-56(54)62;1-3-11-26(12-4-1)32-15-7-9-17-34(32)30-21-19-28-23-29-20-22-31(25-37(29)36(28)24-30)35-18-10-8-16-33(35)27-13-5-2-6-14-27;28-27(29)20-16-14-19(15-17-20)26-23-12-6-4-10-21(23)25(18-8-2-1-3-9-18)22-11-5-7-13-24(22)26/h1-41H;1-22,24-25H,23H2;1-17,28-29H. The summed E-state index contributed by atoms with van der Waals surface area (Å²) >= 11 is 0. The van der Waals surface area contributed by atoms with Gasteiger partial charge in [-0.2, -0.15) is 0 Å². The average Bonchev–Trinajstić information content (AvgIpc) is 1.35. The van der Waals surface area contributed by atoms with Gasteiger partial charge >= 0.3 is 7.12 Å². The molecule has 0 bridgehead atoms. The number of nitrogens with zero attached hydrogens (tertiary/aromatic N) is 1. The van der Waals surface area contributed by atoms with E-state index in [0.717, 1.165) is 23.2 Å². The van der Waals surface area contributed by atoms with Crippen LogP contribution >= 0.6 is 0 Å². The summed E-state index contributed by atoms with van der Waals surface area (Å²) in [6.45, 7) is 0. The van der Waals surface area contributed by atoms with Gasteiger partial charge in [0.05, 0.1) is 11.0 Å². The van der Waals surface area contributed by atoms with Crippen molar-refractivity contribution in [2.45, 2.75) is 6.42 Å². The number of hydrogen-bond donors (Lipinski definition) is 2. The molecular formula is C125H86BNO2. The monoisotopic (exact) mass is 1640 g/mol. The predicted molar refractivity (Wildman–Crippen MR) is 547 cm³/mol. The van der Waals surface area contributed by atoms with Crippen LogP contribution in [0.2, 0.25) is 0 Å². The molecule has 0 radical (unpaired) electrons. The van der Waals surface area contributed by atoms with Crippen LogP contribution < -0.4 is 5.46 Å². The Morgan fingerprint density at radius 2 is 0.372 bits per heavy atom. The Kier molecular flexibility index (Phi) is 21.1. The minimum absolute atomic E-state index is 0.489. The van der Waals surface area contributed by atoms with E-state index in [2.05, 4.69) is 472 Å². The maximum Gasteiger partial charge on any atom is 0.488 e. The quantitative estimate of drug-likeness (QED) is 0.0842. The number of aromatic nitrogens is 1. The van der Waals surface area contributed by atoms with E-state index in [-0.39, 0.29) is 0 Å². The van der Waals surface area contributed by atoms with Gasteiger partial charge in [-0.1, -0.05) is 449 Å². The average molecular weight is 1640 g/mol. The molecule has 0 amide bonds. The van der Waals surface area contributed by atoms with E-state index in [1.165, 1.54) is 210 Å². The summed E-state index contributed by atoms with van der Waals surface area (Å²) in [5.41, 5.74) is 39.0. The van der Waals surface area contributed by atoms with Crippen LogP contribution in [-0.2, 0) is 6.42 Å². The zero-order valence-corrected chi connectivity index (χ0v) is 71.0. The first-order chi connectivity index (χ1) is 63.9. The number of fused-ring (bicyclic) bond motifs is 10. The summed E-state index contributed by atoms with van der Waals surface area (Å²) in [4.78, 5) is 0. The topological polar surface area (TPSA) is 45.4 Å². The lowest BCUT2D eigenvalue weighted by Crippen LogP contribution is -2.29. The first kappa shape index (κ1) is 78.6. The number of hydrogen-bond acceptors (Lipinski definition) is 2. The van der Waals surface area contributed by atoms with Crippen molar-refractivity contribution in [1.82, 2.24) is 4.57 Å². The summed E-state index contributed by atoms with van der Waals surface area (Å²) in [5.74, 6) is 0. The second-order valence-electron chi connectivity index (χ2n) is 33.3. The van der Waals surface area contributed by atoms with E-state index in [4.69, 9.17) is 0 Å². The summed E-state index contributed by atoms with van der Waals surface area (Å²) in [5, 5.41) is 31.2. The highest BCUT2D eigenvalue weighted by Crippen LogP contribution is 2.50.